The van der Waals surface area contributed by atoms with Crippen LogP contribution in [0.5, 0.6) is 5.75 Å². The molecule has 5 rings (SSSR count). The van der Waals surface area contributed by atoms with E-state index in [-0.39, 0.29) is 43.3 Å². The van der Waals surface area contributed by atoms with Gasteiger partial charge in [-0.2, -0.15) is 23.5 Å². The minimum Gasteiger partial charge on any atom is -0.490 e. The Morgan fingerprint density at radius 1 is 1.23 bits per heavy atom. The number of hydrogen-bond acceptors (Lipinski definition) is 9. The van der Waals surface area contributed by atoms with E-state index >= 15 is 0 Å². The first-order valence-corrected chi connectivity index (χ1v) is 12.8. The number of hydrogen-bond donors (Lipinski definition) is 1. The van der Waals surface area contributed by atoms with Gasteiger partial charge in [0.25, 0.3) is 5.56 Å². The Hall–Kier alpha value is -3.86. The first kappa shape index (κ1) is 26.7. The van der Waals surface area contributed by atoms with Crippen molar-refractivity contribution in [2.75, 3.05) is 55.8 Å². The molecule has 2 fully saturated rings. The van der Waals surface area contributed by atoms with Crippen molar-refractivity contribution >= 4 is 17.4 Å². The molecule has 0 spiro atoms. The summed E-state index contributed by atoms with van der Waals surface area (Å²) in [6, 6.07) is 3.42. The van der Waals surface area contributed by atoms with Crippen molar-refractivity contribution < 1.29 is 27.4 Å². The molecule has 0 bridgehead atoms. The Morgan fingerprint density at radius 3 is 2.87 bits per heavy atom. The molecule has 5 heterocycles. The second-order valence-electron chi connectivity index (χ2n) is 9.75. The van der Waals surface area contributed by atoms with E-state index < -0.39 is 17.3 Å². The number of H-pyrrole nitrogens is 1. The lowest BCUT2D eigenvalue weighted by Gasteiger charge is -2.41. The molecule has 2 saturated heterocycles. The van der Waals surface area contributed by atoms with Crippen LogP contribution in [-0.4, -0.2) is 84.1 Å². The minimum absolute atomic E-state index is 0.0304. The molecule has 0 aliphatic carbocycles. The quantitative estimate of drug-likeness (QED) is 0.540. The lowest BCUT2D eigenvalue weighted by atomic mass is 10.1. The summed E-state index contributed by atoms with van der Waals surface area (Å²) in [5.74, 6) is 1.19. The van der Waals surface area contributed by atoms with Crippen molar-refractivity contribution in [3.05, 3.63) is 39.9 Å². The topological polar surface area (TPSA) is 128 Å². The Bertz CT molecular complexity index is 1310. The van der Waals surface area contributed by atoms with Crippen molar-refractivity contribution in [1.29, 1.82) is 5.26 Å². The molecular formula is C25H28F3N7O4. The molecule has 0 radical (unpaired) electrons. The standard InChI is InChI=1S/C25H28F3N7O4/c26-25(27,28)22-19(13-31-32-24(22)37)34-5-1-2-18(34)15-38-8-4-21(36)33-6-7-35-17(14-33)3-9-39-20-10-16(11-29)12-30-23(20)35/h10,12-13,17-18H,1-9,14-15H2,(H,32,37). The van der Waals surface area contributed by atoms with Crippen molar-refractivity contribution in [1.82, 2.24) is 20.1 Å². The molecule has 208 valence electrons. The van der Waals surface area contributed by atoms with E-state index in [0.717, 1.165) is 6.20 Å². The molecule has 2 aromatic heterocycles. The van der Waals surface area contributed by atoms with E-state index in [0.29, 0.717) is 69.2 Å². The summed E-state index contributed by atoms with van der Waals surface area (Å²) in [5.41, 5.74) is -2.36. The summed E-state index contributed by atoms with van der Waals surface area (Å²) < 4.78 is 52.1. The number of rotatable bonds is 6. The highest BCUT2D eigenvalue weighted by Gasteiger charge is 2.41. The fraction of sp³-hybridized carbons (Fsp3) is 0.560. The number of nitrogens with one attached hydrogen (secondary N) is 1. The van der Waals surface area contributed by atoms with Gasteiger partial charge in [-0.15, -0.1) is 0 Å². The van der Waals surface area contributed by atoms with Gasteiger partial charge in [0.05, 0.1) is 55.8 Å². The van der Waals surface area contributed by atoms with Gasteiger partial charge in [0.15, 0.2) is 11.6 Å². The third-order valence-electron chi connectivity index (χ3n) is 7.35. The molecule has 14 heteroatoms. The van der Waals surface area contributed by atoms with Gasteiger partial charge in [0, 0.05) is 44.9 Å². The van der Waals surface area contributed by atoms with Crippen LogP contribution >= 0.6 is 0 Å². The zero-order valence-electron chi connectivity index (χ0n) is 21.1. The fourth-order valence-corrected chi connectivity index (χ4v) is 5.48. The van der Waals surface area contributed by atoms with Crippen LogP contribution in [0.3, 0.4) is 0 Å². The highest BCUT2D eigenvalue weighted by atomic mass is 19.4. The first-order chi connectivity index (χ1) is 18.8. The van der Waals surface area contributed by atoms with Crippen molar-refractivity contribution in [2.24, 2.45) is 0 Å². The molecular weight excluding hydrogens is 519 g/mol. The average molecular weight is 548 g/mol. The van der Waals surface area contributed by atoms with E-state index in [1.54, 1.807) is 11.0 Å². The van der Waals surface area contributed by atoms with Crippen LogP contribution in [0.4, 0.5) is 24.7 Å². The summed E-state index contributed by atoms with van der Waals surface area (Å²) in [5, 5.41) is 14.6. The second kappa shape index (κ2) is 11.1. The molecule has 2 unspecified atom stereocenters. The van der Waals surface area contributed by atoms with Crippen molar-refractivity contribution in [2.45, 2.75) is 43.9 Å². The Labute approximate surface area is 222 Å². The van der Waals surface area contributed by atoms with Crippen molar-refractivity contribution in [3.63, 3.8) is 0 Å². The van der Waals surface area contributed by atoms with Crippen LogP contribution in [-0.2, 0) is 15.7 Å². The SMILES string of the molecule is N#Cc1cnc2c(c1)OCCC1CN(C(=O)CCOCC3CCCN3c3cn[nH]c(=O)c3C(F)(F)F)CCN21. The van der Waals surface area contributed by atoms with Crippen LogP contribution in [0.15, 0.2) is 23.3 Å². The van der Waals surface area contributed by atoms with Gasteiger partial charge >= 0.3 is 6.18 Å². The molecule has 1 amide bonds. The molecule has 3 aliphatic heterocycles. The lowest BCUT2D eigenvalue weighted by molar-refractivity contribution is -0.138. The Morgan fingerprint density at radius 2 is 2.08 bits per heavy atom. The molecule has 0 aromatic carbocycles. The van der Waals surface area contributed by atoms with E-state index in [1.807, 2.05) is 5.10 Å². The zero-order valence-corrected chi connectivity index (χ0v) is 21.1. The van der Waals surface area contributed by atoms with Gasteiger partial charge in [-0.05, 0) is 12.8 Å². The number of aromatic amines is 1. The number of amides is 1. The number of fused-ring (bicyclic) bond motifs is 3. The van der Waals surface area contributed by atoms with E-state index in [2.05, 4.69) is 21.1 Å². The fourth-order valence-electron chi connectivity index (χ4n) is 5.48. The van der Waals surface area contributed by atoms with Crippen LogP contribution < -0.4 is 20.1 Å². The molecule has 11 nitrogen and oxygen atoms in total. The zero-order chi connectivity index (χ0) is 27.6. The maximum atomic E-state index is 13.5. The highest BCUT2D eigenvalue weighted by Crippen LogP contribution is 2.36. The summed E-state index contributed by atoms with van der Waals surface area (Å²) in [6.45, 7) is 2.67. The van der Waals surface area contributed by atoms with Crippen LogP contribution in [0, 0.1) is 11.3 Å². The molecule has 2 atom stereocenters. The van der Waals surface area contributed by atoms with Crippen molar-refractivity contribution in [3.8, 4) is 11.8 Å². The maximum Gasteiger partial charge on any atom is 0.423 e. The van der Waals surface area contributed by atoms with E-state index in [9.17, 15) is 22.8 Å². The highest BCUT2D eigenvalue weighted by molar-refractivity contribution is 5.76. The second-order valence-corrected chi connectivity index (χ2v) is 9.75. The number of aromatic nitrogens is 3. The number of anilines is 2. The molecule has 3 aliphatic rings. The van der Waals surface area contributed by atoms with E-state index in [1.165, 1.54) is 11.1 Å². The monoisotopic (exact) mass is 547 g/mol. The number of halogens is 3. The smallest absolute Gasteiger partial charge is 0.423 e. The summed E-state index contributed by atoms with van der Waals surface area (Å²) >= 11 is 0. The first-order valence-electron chi connectivity index (χ1n) is 12.8. The van der Waals surface area contributed by atoms with Gasteiger partial charge in [-0.1, -0.05) is 0 Å². The molecule has 39 heavy (non-hydrogen) atoms. The predicted molar refractivity (Wildman–Crippen MR) is 132 cm³/mol. The number of carbonyl (C=O) groups is 1. The summed E-state index contributed by atoms with van der Waals surface area (Å²) in [4.78, 5) is 34.6. The number of ether oxygens (including phenoxy) is 2. The lowest BCUT2D eigenvalue weighted by Crippen LogP contribution is -2.55. The van der Waals surface area contributed by atoms with Crippen LogP contribution in [0.2, 0.25) is 0 Å². The number of piperazine rings is 1. The van der Waals surface area contributed by atoms with Gasteiger partial charge in [0.1, 0.15) is 11.6 Å². The average Bonchev–Trinajstić information content (AvgIpc) is 3.30. The third-order valence-corrected chi connectivity index (χ3v) is 7.35. The van der Waals surface area contributed by atoms with Gasteiger partial charge < -0.3 is 24.2 Å². The molecule has 2 aromatic rings. The Balaban J connectivity index is 1.14. The number of carbonyl (C=O) groups excluding carboxylic acids is 1. The minimum atomic E-state index is -4.81. The number of nitrogens with zero attached hydrogens (tertiary/aromatic N) is 6. The molecule has 0 saturated carbocycles. The largest absolute Gasteiger partial charge is 0.490 e. The van der Waals surface area contributed by atoms with E-state index in [4.69, 9.17) is 14.7 Å². The van der Waals surface area contributed by atoms with Crippen LogP contribution in [0.1, 0.15) is 36.8 Å². The number of alkyl halides is 3. The Kier molecular flexibility index (Phi) is 7.60. The summed E-state index contributed by atoms with van der Waals surface area (Å²) in [6.07, 6.45) is -0.152. The predicted octanol–water partition coefficient (Wildman–Crippen LogP) is 1.93. The number of nitriles is 1. The van der Waals surface area contributed by atoms with Gasteiger partial charge in [-0.25, -0.2) is 10.1 Å². The number of pyridine rings is 1. The third kappa shape index (κ3) is 5.63. The van der Waals surface area contributed by atoms with Crippen LogP contribution in [0.25, 0.3) is 0 Å². The normalized spacial score (nSPS) is 21.0. The molecule has 1 N–H and O–H groups in total. The summed E-state index contributed by atoms with van der Waals surface area (Å²) in [7, 11) is 0. The maximum absolute atomic E-state index is 13.5. The van der Waals surface area contributed by atoms with Gasteiger partial charge in [-0.3, -0.25) is 9.59 Å². The van der Waals surface area contributed by atoms with Gasteiger partial charge in [0.2, 0.25) is 5.91 Å².